The molecule has 0 spiro atoms. The molecule has 1 aromatic carbocycles. The molecule has 84 valence electrons. The van der Waals surface area contributed by atoms with Crippen LogP contribution in [0.1, 0.15) is 18.2 Å². The second-order valence-corrected chi connectivity index (χ2v) is 3.96. The Hall–Kier alpha value is -1.64. The molecule has 0 aliphatic rings. The Balaban J connectivity index is 2.74. The Morgan fingerprint density at radius 1 is 1.25 bits per heavy atom. The Kier molecular flexibility index (Phi) is 2.77. The van der Waals surface area contributed by atoms with Crippen molar-refractivity contribution in [3.8, 4) is 0 Å². The highest BCUT2D eigenvalue weighted by Crippen LogP contribution is 2.25. The summed E-state index contributed by atoms with van der Waals surface area (Å²) in [6.45, 7) is 6.56. The van der Waals surface area contributed by atoms with Gasteiger partial charge in [0.25, 0.3) is 0 Å². The lowest BCUT2D eigenvalue weighted by Crippen LogP contribution is -2.00. The van der Waals surface area contributed by atoms with Crippen LogP contribution in [0, 0.1) is 19.7 Å². The van der Waals surface area contributed by atoms with Crippen molar-refractivity contribution in [2.24, 2.45) is 0 Å². The molecule has 0 amide bonds. The van der Waals surface area contributed by atoms with E-state index in [1.165, 1.54) is 6.07 Å². The van der Waals surface area contributed by atoms with Gasteiger partial charge in [0.1, 0.15) is 5.82 Å². The van der Waals surface area contributed by atoms with Gasteiger partial charge in [0.15, 0.2) is 0 Å². The van der Waals surface area contributed by atoms with Crippen molar-refractivity contribution in [2.75, 3.05) is 11.9 Å². The van der Waals surface area contributed by atoms with Crippen LogP contribution in [0.2, 0.25) is 0 Å². The number of halogens is 1. The monoisotopic (exact) mass is 218 g/mol. The Morgan fingerprint density at radius 3 is 2.69 bits per heavy atom. The average Bonchev–Trinajstić information content (AvgIpc) is 2.21. The zero-order valence-electron chi connectivity index (χ0n) is 9.76. The van der Waals surface area contributed by atoms with Crippen LogP contribution in [-0.4, -0.2) is 11.5 Å². The van der Waals surface area contributed by atoms with E-state index in [-0.39, 0.29) is 5.82 Å². The molecule has 16 heavy (non-hydrogen) atoms. The van der Waals surface area contributed by atoms with Crippen LogP contribution in [0.5, 0.6) is 0 Å². The van der Waals surface area contributed by atoms with Crippen molar-refractivity contribution in [3.05, 3.63) is 35.3 Å². The van der Waals surface area contributed by atoms with Gasteiger partial charge in [-0.25, -0.2) is 4.39 Å². The van der Waals surface area contributed by atoms with Crippen molar-refractivity contribution in [1.82, 2.24) is 4.98 Å². The molecule has 0 fully saturated rings. The number of nitrogens with zero attached hydrogens (tertiary/aromatic N) is 1. The van der Waals surface area contributed by atoms with E-state index in [0.717, 1.165) is 23.3 Å². The van der Waals surface area contributed by atoms with E-state index in [1.54, 1.807) is 6.92 Å². The van der Waals surface area contributed by atoms with Gasteiger partial charge in [-0.2, -0.15) is 0 Å². The molecule has 0 aliphatic heterocycles. The van der Waals surface area contributed by atoms with E-state index in [0.29, 0.717) is 11.1 Å². The molecular formula is C13H15FN2. The summed E-state index contributed by atoms with van der Waals surface area (Å²) in [6.07, 6.45) is 0. The number of aromatic nitrogens is 1. The number of fused-ring (bicyclic) bond motifs is 1. The number of rotatable bonds is 2. The molecule has 1 N–H and O–H groups in total. The largest absolute Gasteiger partial charge is 0.385 e. The number of aryl methyl sites for hydroxylation is 2. The maximum atomic E-state index is 13.4. The minimum atomic E-state index is -0.201. The fraction of sp³-hybridized carbons (Fsp3) is 0.308. The second kappa shape index (κ2) is 4.08. The van der Waals surface area contributed by atoms with Crippen molar-refractivity contribution in [3.63, 3.8) is 0 Å². The van der Waals surface area contributed by atoms with Crippen LogP contribution >= 0.6 is 0 Å². The normalized spacial score (nSPS) is 10.8. The summed E-state index contributed by atoms with van der Waals surface area (Å²) >= 11 is 0. The molecule has 0 saturated heterocycles. The SMILES string of the molecule is CCNc1cc(C)nc2cc(F)c(C)cc12. The van der Waals surface area contributed by atoms with Crippen LogP contribution in [0.4, 0.5) is 10.1 Å². The van der Waals surface area contributed by atoms with E-state index in [4.69, 9.17) is 0 Å². The van der Waals surface area contributed by atoms with Gasteiger partial charge < -0.3 is 5.32 Å². The van der Waals surface area contributed by atoms with E-state index >= 15 is 0 Å². The van der Waals surface area contributed by atoms with E-state index in [2.05, 4.69) is 10.3 Å². The van der Waals surface area contributed by atoms with Gasteiger partial charge in [0, 0.05) is 29.4 Å². The van der Waals surface area contributed by atoms with Crippen molar-refractivity contribution >= 4 is 16.6 Å². The molecule has 2 aromatic rings. The number of nitrogens with one attached hydrogen (secondary N) is 1. The first-order chi connectivity index (χ1) is 7.61. The highest BCUT2D eigenvalue weighted by Gasteiger charge is 2.06. The standard InChI is InChI=1S/C13H15FN2/c1-4-15-12-6-9(3)16-13-7-11(14)8(2)5-10(12)13/h5-7H,4H2,1-3H3,(H,15,16). The molecule has 0 radical (unpaired) electrons. The van der Waals surface area contributed by atoms with Gasteiger partial charge in [-0.05, 0) is 38.5 Å². The lowest BCUT2D eigenvalue weighted by Gasteiger charge is -2.10. The topological polar surface area (TPSA) is 24.9 Å². The third-order valence-electron chi connectivity index (χ3n) is 2.58. The zero-order chi connectivity index (χ0) is 11.7. The first kappa shape index (κ1) is 10.9. The third-order valence-corrected chi connectivity index (χ3v) is 2.58. The fourth-order valence-electron chi connectivity index (χ4n) is 1.82. The zero-order valence-corrected chi connectivity index (χ0v) is 9.76. The van der Waals surface area contributed by atoms with E-state index < -0.39 is 0 Å². The van der Waals surface area contributed by atoms with Gasteiger partial charge in [0.05, 0.1) is 5.52 Å². The fourth-order valence-corrected chi connectivity index (χ4v) is 1.82. The number of hydrogen-bond donors (Lipinski definition) is 1. The molecule has 3 heteroatoms. The molecule has 1 heterocycles. The highest BCUT2D eigenvalue weighted by molar-refractivity contribution is 5.92. The molecule has 1 aromatic heterocycles. The van der Waals surface area contributed by atoms with Crippen LogP contribution in [0.3, 0.4) is 0 Å². The molecule has 0 aliphatic carbocycles. The van der Waals surface area contributed by atoms with Gasteiger partial charge in [-0.1, -0.05) is 0 Å². The summed E-state index contributed by atoms with van der Waals surface area (Å²) in [5, 5.41) is 4.25. The van der Waals surface area contributed by atoms with Crippen LogP contribution in [-0.2, 0) is 0 Å². The van der Waals surface area contributed by atoms with Crippen LogP contribution < -0.4 is 5.32 Å². The van der Waals surface area contributed by atoms with Crippen molar-refractivity contribution < 1.29 is 4.39 Å². The molecule has 0 atom stereocenters. The Bertz CT molecular complexity index is 535. The smallest absolute Gasteiger partial charge is 0.128 e. The van der Waals surface area contributed by atoms with Gasteiger partial charge >= 0.3 is 0 Å². The molecule has 0 saturated carbocycles. The quantitative estimate of drug-likeness (QED) is 0.835. The Labute approximate surface area is 94.5 Å². The number of pyridine rings is 1. The summed E-state index contributed by atoms with van der Waals surface area (Å²) in [5.74, 6) is -0.201. The predicted molar refractivity (Wildman–Crippen MR) is 65.3 cm³/mol. The summed E-state index contributed by atoms with van der Waals surface area (Å²) < 4.78 is 13.4. The minimum Gasteiger partial charge on any atom is -0.385 e. The minimum absolute atomic E-state index is 0.201. The maximum Gasteiger partial charge on any atom is 0.128 e. The molecular weight excluding hydrogens is 203 g/mol. The number of hydrogen-bond acceptors (Lipinski definition) is 2. The highest BCUT2D eigenvalue weighted by atomic mass is 19.1. The number of benzene rings is 1. The predicted octanol–water partition coefficient (Wildman–Crippen LogP) is 3.42. The lowest BCUT2D eigenvalue weighted by molar-refractivity contribution is 0.620. The van der Waals surface area contributed by atoms with Crippen LogP contribution in [0.25, 0.3) is 10.9 Å². The van der Waals surface area contributed by atoms with E-state index in [9.17, 15) is 4.39 Å². The third kappa shape index (κ3) is 1.85. The summed E-state index contributed by atoms with van der Waals surface area (Å²) in [4.78, 5) is 4.34. The lowest BCUT2D eigenvalue weighted by atomic mass is 10.1. The molecule has 2 rings (SSSR count). The Morgan fingerprint density at radius 2 is 2.00 bits per heavy atom. The van der Waals surface area contributed by atoms with Gasteiger partial charge in [0.2, 0.25) is 0 Å². The van der Waals surface area contributed by atoms with Crippen molar-refractivity contribution in [1.29, 1.82) is 0 Å². The molecule has 0 bridgehead atoms. The summed E-state index contributed by atoms with van der Waals surface area (Å²) in [6, 6.07) is 5.33. The van der Waals surface area contributed by atoms with E-state index in [1.807, 2.05) is 26.0 Å². The first-order valence-corrected chi connectivity index (χ1v) is 5.43. The maximum absolute atomic E-state index is 13.4. The summed E-state index contributed by atoms with van der Waals surface area (Å²) in [5.41, 5.74) is 3.27. The van der Waals surface area contributed by atoms with Gasteiger partial charge in [-0.3, -0.25) is 4.98 Å². The van der Waals surface area contributed by atoms with Crippen LogP contribution in [0.15, 0.2) is 18.2 Å². The van der Waals surface area contributed by atoms with Gasteiger partial charge in [-0.15, -0.1) is 0 Å². The average molecular weight is 218 g/mol. The molecule has 0 unspecified atom stereocenters. The summed E-state index contributed by atoms with van der Waals surface area (Å²) in [7, 11) is 0. The number of anilines is 1. The first-order valence-electron chi connectivity index (χ1n) is 5.43. The van der Waals surface area contributed by atoms with Crippen molar-refractivity contribution in [2.45, 2.75) is 20.8 Å². The molecule has 2 nitrogen and oxygen atoms in total. The second-order valence-electron chi connectivity index (χ2n) is 3.96.